The molecule has 1 N–H and O–H groups in total. The summed E-state index contributed by atoms with van der Waals surface area (Å²) >= 11 is 0. The van der Waals surface area contributed by atoms with Crippen molar-refractivity contribution < 1.29 is 14.3 Å². The molecule has 5 nitrogen and oxygen atoms in total. The third kappa shape index (κ3) is 4.43. The lowest BCUT2D eigenvalue weighted by atomic mass is 9.87. The largest absolute Gasteiger partial charge is 0.352 e. The summed E-state index contributed by atoms with van der Waals surface area (Å²) in [5.41, 5.74) is 0. The number of carbonyl (C=O) groups is 1. The maximum atomic E-state index is 12.3. The molecule has 0 aromatic rings. The van der Waals surface area contributed by atoms with Gasteiger partial charge in [-0.1, -0.05) is 6.92 Å². The second kappa shape index (κ2) is 7.75. The fourth-order valence-electron chi connectivity index (χ4n) is 3.99. The Labute approximate surface area is 133 Å². The van der Waals surface area contributed by atoms with Crippen LogP contribution in [-0.2, 0) is 14.3 Å². The van der Waals surface area contributed by atoms with Crippen molar-refractivity contribution in [3.63, 3.8) is 0 Å². The molecule has 2 aliphatic heterocycles. The molecule has 1 atom stereocenters. The van der Waals surface area contributed by atoms with E-state index in [4.69, 9.17) is 9.47 Å². The summed E-state index contributed by atoms with van der Waals surface area (Å²) in [6.07, 6.45) is 6.98. The lowest BCUT2D eigenvalue weighted by Crippen LogP contribution is -2.47. The van der Waals surface area contributed by atoms with E-state index in [0.29, 0.717) is 31.7 Å². The molecule has 3 fully saturated rings. The highest BCUT2D eigenvalue weighted by Gasteiger charge is 2.31. The molecule has 1 unspecified atom stereocenters. The van der Waals surface area contributed by atoms with Gasteiger partial charge in [-0.15, -0.1) is 0 Å². The van der Waals surface area contributed by atoms with Crippen molar-refractivity contribution >= 4 is 5.91 Å². The lowest BCUT2D eigenvalue weighted by Gasteiger charge is -2.35. The Morgan fingerprint density at radius 2 is 1.86 bits per heavy atom. The highest BCUT2D eigenvalue weighted by atomic mass is 16.7. The number of likely N-dealkylation sites (tertiary alicyclic amines) is 1. The van der Waals surface area contributed by atoms with Crippen LogP contribution in [0.3, 0.4) is 0 Å². The van der Waals surface area contributed by atoms with Crippen LogP contribution in [0.15, 0.2) is 0 Å². The van der Waals surface area contributed by atoms with Crippen molar-refractivity contribution in [3.05, 3.63) is 0 Å². The van der Waals surface area contributed by atoms with E-state index in [1.807, 2.05) is 0 Å². The molecular weight excluding hydrogens is 280 g/mol. The zero-order chi connectivity index (χ0) is 15.4. The van der Waals surface area contributed by atoms with Crippen molar-refractivity contribution in [1.29, 1.82) is 0 Å². The fourth-order valence-corrected chi connectivity index (χ4v) is 3.99. The fraction of sp³-hybridized carbons (Fsp3) is 0.941. The minimum atomic E-state index is -0.0503. The highest BCUT2D eigenvalue weighted by Crippen LogP contribution is 2.25. The van der Waals surface area contributed by atoms with Crippen molar-refractivity contribution in [3.8, 4) is 0 Å². The van der Waals surface area contributed by atoms with Crippen LogP contribution in [0.1, 0.15) is 45.4 Å². The predicted molar refractivity (Wildman–Crippen MR) is 84.4 cm³/mol. The van der Waals surface area contributed by atoms with E-state index >= 15 is 0 Å². The Morgan fingerprint density at radius 3 is 2.59 bits per heavy atom. The van der Waals surface area contributed by atoms with Crippen LogP contribution in [0.25, 0.3) is 0 Å². The third-order valence-corrected chi connectivity index (χ3v) is 5.32. The Kier molecular flexibility index (Phi) is 5.71. The molecule has 0 aromatic heterocycles. The molecule has 0 bridgehead atoms. The average molecular weight is 310 g/mol. The molecule has 0 spiro atoms. The van der Waals surface area contributed by atoms with E-state index in [1.54, 1.807) is 0 Å². The van der Waals surface area contributed by atoms with Crippen LogP contribution in [0.4, 0.5) is 0 Å². The molecule has 126 valence electrons. The first-order chi connectivity index (χ1) is 10.7. The average Bonchev–Trinajstić information content (AvgIpc) is 3.04. The van der Waals surface area contributed by atoms with Gasteiger partial charge in [-0.25, -0.2) is 0 Å². The SMILES string of the molecule is CC1CCC(NC(=O)CN2CCCC(C3OCCO3)C2)CC1. The highest BCUT2D eigenvalue weighted by molar-refractivity contribution is 5.78. The number of hydrogen-bond acceptors (Lipinski definition) is 4. The number of nitrogens with one attached hydrogen (secondary N) is 1. The zero-order valence-corrected chi connectivity index (χ0v) is 13.8. The van der Waals surface area contributed by atoms with Gasteiger partial charge in [0.1, 0.15) is 0 Å². The van der Waals surface area contributed by atoms with Crippen LogP contribution in [-0.4, -0.2) is 56.0 Å². The summed E-state index contributed by atoms with van der Waals surface area (Å²) < 4.78 is 11.3. The number of rotatable bonds is 4. The van der Waals surface area contributed by atoms with Gasteiger partial charge in [-0.05, 0) is 51.0 Å². The number of hydrogen-bond donors (Lipinski definition) is 1. The quantitative estimate of drug-likeness (QED) is 0.860. The predicted octanol–water partition coefficient (Wildman–Crippen LogP) is 1.77. The number of ether oxygens (including phenoxy) is 2. The van der Waals surface area contributed by atoms with E-state index in [1.165, 1.54) is 12.8 Å². The molecule has 2 heterocycles. The summed E-state index contributed by atoms with van der Waals surface area (Å²) in [4.78, 5) is 14.5. The van der Waals surface area contributed by atoms with Gasteiger partial charge in [0.25, 0.3) is 0 Å². The van der Waals surface area contributed by atoms with Crippen LogP contribution >= 0.6 is 0 Å². The molecule has 22 heavy (non-hydrogen) atoms. The second-order valence-electron chi connectivity index (χ2n) is 7.27. The second-order valence-corrected chi connectivity index (χ2v) is 7.27. The standard InChI is InChI=1S/C17H30N2O3/c1-13-4-6-15(7-5-13)18-16(20)12-19-8-2-3-14(11-19)17-21-9-10-22-17/h13-15,17H,2-12H2,1H3,(H,18,20). The first-order valence-corrected chi connectivity index (χ1v) is 8.95. The topological polar surface area (TPSA) is 50.8 Å². The zero-order valence-electron chi connectivity index (χ0n) is 13.8. The van der Waals surface area contributed by atoms with Crippen LogP contribution in [0, 0.1) is 11.8 Å². The first-order valence-electron chi connectivity index (χ1n) is 8.95. The van der Waals surface area contributed by atoms with E-state index in [0.717, 1.165) is 44.7 Å². The van der Waals surface area contributed by atoms with Gasteiger partial charge in [0.05, 0.1) is 19.8 Å². The van der Waals surface area contributed by atoms with E-state index < -0.39 is 0 Å². The molecule has 3 rings (SSSR count). The van der Waals surface area contributed by atoms with Crippen molar-refractivity contribution in [1.82, 2.24) is 10.2 Å². The maximum Gasteiger partial charge on any atom is 0.234 e. The van der Waals surface area contributed by atoms with Gasteiger partial charge in [0.2, 0.25) is 5.91 Å². The molecule has 3 aliphatic rings. The molecule has 2 saturated heterocycles. The van der Waals surface area contributed by atoms with Crippen LogP contribution < -0.4 is 5.32 Å². The molecule has 1 amide bonds. The van der Waals surface area contributed by atoms with Gasteiger partial charge >= 0.3 is 0 Å². The smallest absolute Gasteiger partial charge is 0.234 e. The number of nitrogens with zero attached hydrogens (tertiary/aromatic N) is 1. The minimum absolute atomic E-state index is 0.0503. The third-order valence-electron chi connectivity index (χ3n) is 5.32. The van der Waals surface area contributed by atoms with E-state index in [9.17, 15) is 4.79 Å². The van der Waals surface area contributed by atoms with Crippen molar-refractivity contribution in [2.24, 2.45) is 11.8 Å². The molecule has 1 saturated carbocycles. The minimum Gasteiger partial charge on any atom is -0.352 e. The monoisotopic (exact) mass is 310 g/mol. The summed E-state index contributed by atoms with van der Waals surface area (Å²) in [5, 5.41) is 3.23. The van der Waals surface area contributed by atoms with Gasteiger partial charge in [-0.3, -0.25) is 9.69 Å². The Balaban J connectivity index is 1.40. The number of piperidine rings is 1. The molecule has 1 aliphatic carbocycles. The molecular formula is C17H30N2O3. The maximum absolute atomic E-state index is 12.3. The lowest BCUT2D eigenvalue weighted by molar-refractivity contribution is -0.126. The van der Waals surface area contributed by atoms with Gasteiger partial charge in [-0.2, -0.15) is 0 Å². The van der Waals surface area contributed by atoms with Crippen LogP contribution in [0.5, 0.6) is 0 Å². The van der Waals surface area contributed by atoms with Gasteiger partial charge < -0.3 is 14.8 Å². The number of carbonyl (C=O) groups excluding carboxylic acids is 1. The Morgan fingerprint density at radius 1 is 1.14 bits per heavy atom. The molecule has 5 heteroatoms. The molecule has 0 aromatic carbocycles. The van der Waals surface area contributed by atoms with Crippen molar-refractivity contribution in [2.75, 3.05) is 32.8 Å². The molecule has 0 radical (unpaired) electrons. The Bertz CT molecular complexity index is 363. The summed E-state index contributed by atoms with van der Waals surface area (Å²) in [5.74, 6) is 1.43. The summed E-state index contributed by atoms with van der Waals surface area (Å²) in [6.45, 7) is 6.18. The van der Waals surface area contributed by atoms with Gasteiger partial charge in [0.15, 0.2) is 6.29 Å². The summed E-state index contributed by atoms with van der Waals surface area (Å²) in [7, 11) is 0. The van der Waals surface area contributed by atoms with E-state index in [2.05, 4.69) is 17.1 Å². The Hall–Kier alpha value is -0.650. The number of amides is 1. The van der Waals surface area contributed by atoms with E-state index in [-0.39, 0.29) is 12.2 Å². The summed E-state index contributed by atoms with van der Waals surface area (Å²) in [6, 6.07) is 0.394. The normalized spacial score (nSPS) is 34.7. The van der Waals surface area contributed by atoms with Gasteiger partial charge in [0, 0.05) is 18.5 Å². The van der Waals surface area contributed by atoms with Crippen LogP contribution in [0.2, 0.25) is 0 Å². The first kappa shape index (κ1) is 16.2. The van der Waals surface area contributed by atoms with Crippen molar-refractivity contribution in [2.45, 2.75) is 57.8 Å².